The summed E-state index contributed by atoms with van der Waals surface area (Å²) in [6, 6.07) is 7.84. The maximum absolute atomic E-state index is 12.6. The number of piperazine rings is 1. The summed E-state index contributed by atoms with van der Waals surface area (Å²) in [7, 11) is 0. The third kappa shape index (κ3) is 4.33. The third-order valence-corrected chi connectivity index (χ3v) is 5.40. The molecule has 2 saturated heterocycles. The molecule has 6 heteroatoms. The van der Waals surface area contributed by atoms with Crippen LogP contribution >= 0.6 is 12.4 Å². The molecule has 0 aliphatic carbocycles. The van der Waals surface area contributed by atoms with E-state index in [1.165, 1.54) is 5.56 Å². The molecule has 0 spiro atoms. The van der Waals surface area contributed by atoms with Gasteiger partial charge in [-0.3, -0.25) is 9.59 Å². The van der Waals surface area contributed by atoms with E-state index in [-0.39, 0.29) is 30.1 Å². The Morgan fingerprint density at radius 1 is 1.08 bits per heavy atom. The van der Waals surface area contributed by atoms with Crippen LogP contribution in [0.3, 0.4) is 0 Å². The summed E-state index contributed by atoms with van der Waals surface area (Å²) in [5.41, 5.74) is 1.97. The summed E-state index contributed by atoms with van der Waals surface area (Å²) in [5.74, 6) is 0.853. The first-order chi connectivity index (χ1) is 11.6. The Hall–Kier alpha value is -1.59. The van der Waals surface area contributed by atoms with Crippen LogP contribution in [0.2, 0.25) is 0 Å². The average molecular weight is 366 g/mol. The van der Waals surface area contributed by atoms with Crippen molar-refractivity contribution in [1.82, 2.24) is 15.1 Å². The van der Waals surface area contributed by atoms with Crippen LogP contribution in [0.25, 0.3) is 0 Å². The number of hydrogen-bond acceptors (Lipinski definition) is 3. The van der Waals surface area contributed by atoms with Gasteiger partial charge in [0.15, 0.2) is 0 Å². The Morgan fingerprint density at radius 3 is 2.12 bits per heavy atom. The standard InChI is InChI=1S/C19H27N3O2.ClH/c1-3-15-4-6-16(7-5-15)19(24)22-10-8-21(9-11-22)18(23)14(2)17-12-20-13-17;/h4-7,14,17,20H,3,8-13H2,1-2H3;1H. The number of benzene rings is 1. The zero-order valence-electron chi connectivity index (χ0n) is 15.0. The lowest BCUT2D eigenvalue weighted by molar-refractivity contribution is -0.138. The number of aryl methyl sites for hydroxylation is 1. The maximum atomic E-state index is 12.6. The van der Waals surface area contributed by atoms with Crippen LogP contribution in [0.15, 0.2) is 24.3 Å². The van der Waals surface area contributed by atoms with Gasteiger partial charge in [0, 0.05) is 37.7 Å². The fourth-order valence-electron chi connectivity index (χ4n) is 3.35. The molecular weight excluding hydrogens is 338 g/mol. The van der Waals surface area contributed by atoms with Crippen LogP contribution in [-0.2, 0) is 11.2 Å². The average Bonchev–Trinajstić information content (AvgIpc) is 2.59. The van der Waals surface area contributed by atoms with Crippen molar-refractivity contribution < 1.29 is 9.59 Å². The molecule has 3 rings (SSSR count). The van der Waals surface area contributed by atoms with Crippen LogP contribution in [0.5, 0.6) is 0 Å². The molecule has 25 heavy (non-hydrogen) atoms. The van der Waals surface area contributed by atoms with Gasteiger partial charge in [-0.25, -0.2) is 0 Å². The molecule has 138 valence electrons. The van der Waals surface area contributed by atoms with Crippen LogP contribution in [0.1, 0.15) is 29.8 Å². The van der Waals surface area contributed by atoms with Gasteiger partial charge in [-0.2, -0.15) is 0 Å². The molecule has 2 aliphatic heterocycles. The fourth-order valence-corrected chi connectivity index (χ4v) is 3.35. The van der Waals surface area contributed by atoms with Crippen molar-refractivity contribution in [3.05, 3.63) is 35.4 Å². The van der Waals surface area contributed by atoms with E-state index >= 15 is 0 Å². The molecule has 2 amide bonds. The summed E-state index contributed by atoms with van der Waals surface area (Å²) < 4.78 is 0. The lowest BCUT2D eigenvalue weighted by Crippen LogP contribution is -2.55. The van der Waals surface area contributed by atoms with E-state index in [1.54, 1.807) is 0 Å². The second-order valence-corrected chi connectivity index (χ2v) is 6.87. The SMILES string of the molecule is CCc1ccc(C(=O)N2CCN(C(=O)C(C)C3CNC3)CC2)cc1.Cl. The Bertz CT molecular complexity index is 593. The topological polar surface area (TPSA) is 52.7 Å². The molecule has 1 atom stereocenters. The van der Waals surface area contributed by atoms with E-state index in [1.807, 2.05) is 41.0 Å². The molecule has 1 unspecified atom stereocenters. The first kappa shape index (κ1) is 19.7. The zero-order chi connectivity index (χ0) is 17.1. The number of hydrogen-bond donors (Lipinski definition) is 1. The minimum atomic E-state index is 0. The summed E-state index contributed by atoms with van der Waals surface area (Å²) >= 11 is 0. The number of amides is 2. The van der Waals surface area contributed by atoms with Gasteiger partial charge >= 0.3 is 0 Å². The predicted molar refractivity (Wildman–Crippen MR) is 101 cm³/mol. The van der Waals surface area contributed by atoms with Crippen LogP contribution < -0.4 is 5.32 Å². The van der Waals surface area contributed by atoms with Crippen molar-refractivity contribution in [2.75, 3.05) is 39.3 Å². The van der Waals surface area contributed by atoms with Gasteiger partial charge in [-0.05, 0) is 43.1 Å². The minimum Gasteiger partial charge on any atom is -0.339 e. The molecule has 2 fully saturated rings. The fraction of sp³-hybridized carbons (Fsp3) is 0.579. The predicted octanol–water partition coefficient (Wildman–Crippen LogP) is 1.81. The molecule has 1 N–H and O–H groups in total. The van der Waals surface area contributed by atoms with Crippen molar-refractivity contribution in [2.24, 2.45) is 11.8 Å². The third-order valence-electron chi connectivity index (χ3n) is 5.40. The van der Waals surface area contributed by atoms with Gasteiger partial charge in [-0.1, -0.05) is 26.0 Å². The van der Waals surface area contributed by atoms with Crippen molar-refractivity contribution in [3.63, 3.8) is 0 Å². The number of carbonyl (C=O) groups excluding carboxylic acids is 2. The van der Waals surface area contributed by atoms with Crippen molar-refractivity contribution in [2.45, 2.75) is 20.3 Å². The molecule has 0 aromatic heterocycles. The molecular formula is C19H28ClN3O2. The monoisotopic (exact) mass is 365 g/mol. The summed E-state index contributed by atoms with van der Waals surface area (Å²) in [6.45, 7) is 8.54. The summed E-state index contributed by atoms with van der Waals surface area (Å²) in [5, 5.41) is 3.22. The van der Waals surface area contributed by atoms with E-state index in [9.17, 15) is 9.59 Å². The molecule has 0 saturated carbocycles. The summed E-state index contributed by atoms with van der Waals surface area (Å²) in [6.07, 6.45) is 0.976. The van der Waals surface area contributed by atoms with E-state index in [0.29, 0.717) is 32.1 Å². The molecule has 1 aromatic carbocycles. The first-order valence-corrected chi connectivity index (χ1v) is 8.98. The first-order valence-electron chi connectivity index (χ1n) is 8.98. The molecule has 1 aromatic rings. The second-order valence-electron chi connectivity index (χ2n) is 6.87. The van der Waals surface area contributed by atoms with E-state index < -0.39 is 0 Å². The highest BCUT2D eigenvalue weighted by Crippen LogP contribution is 2.20. The van der Waals surface area contributed by atoms with Gasteiger partial charge in [0.2, 0.25) is 5.91 Å². The van der Waals surface area contributed by atoms with Gasteiger partial charge in [0.05, 0.1) is 0 Å². The number of nitrogens with zero attached hydrogens (tertiary/aromatic N) is 2. The molecule has 5 nitrogen and oxygen atoms in total. The van der Waals surface area contributed by atoms with Crippen molar-refractivity contribution in [3.8, 4) is 0 Å². The highest BCUT2D eigenvalue weighted by atomic mass is 35.5. The normalized spacial score (nSPS) is 19.0. The van der Waals surface area contributed by atoms with Crippen LogP contribution in [0.4, 0.5) is 0 Å². The minimum absolute atomic E-state index is 0. The zero-order valence-corrected chi connectivity index (χ0v) is 15.8. The maximum Gasteiger partial charge on any atom is 0.253 e. The smallest absolute Gasteiger partial charge is 0.253 e. The lowest BCUT2D eigenvalue weighted by Gasteiger charge is -2.39. The Kier molecular flexibility index (Phi) is 6.85. The van der Waals surface area contributed by atoms with E-state index in [0.717, 1.165) is 25.1 Å². The lowest BCUT2D eigenvalue weighted by atomic mass is 9.88. The number of rotatable bonds is 4. The summed E-state index contributed by atoms with van der Waals surface area (Å²) in [4.78, 5) is 28.9. The highest BCUT2D eigenvalue weighted by molar-refractivity contribution is 5.94. The Labute approximate surface area is 156 Å². The van der Waals surface area contributed by atoms with Crippen molar-refractivity contribution >= 4 is 24.2 Å². The molecule has 0 bridgehead atoms. The van der Waals surface area contributed by atoms with Gasteiger partial charge in [0.25, 0.3) is 5.91 Å². The van der Waals surface area contributed by atoms with E-state index in [4.69, 9.17) is 0 Å². The highest BCUT2D eigenvalue weighted by Gasteiger charge is 2.33. The molecule has 0 radical (unpaired) electrons. The number of halogens is 1. The van der Waals surface area contributed by atoms with Crippen molar-refractivity contribution in [1.29, 1.82) is 0 Å². The molecule has 2 aliphatic rings. The van der Waals surface area contributed by atoms with Gasteiger partial charge in [-0.15, -0.1) is 12.4 Å². The second kappa shape index (κ2) is 8.68. The van der Waals surface area contributed by atoms with Gasteiger partial charge in [0.1, 0.15) is 0 Å². The Balaban J connectivity index is 0.00000225. The van der Waals surface area contributed by atoms with Gasteiger partial charge < -0.3 is 15.1 Å². The van der Waals surface area contributed by atoms with E-state index in [2.05, 4.69) is 12.2 Å². The number of nitrogens with one attached hydrogen (secondary N) is 1. The Morgan fingerprint density at radius 2 is 1.64 bits per heavy atom. The molecule has 2 heterocycles. The quantitative estimate of drug-likeness (QED) is 0.885. The largest absolute Gasteiger partial charge is 0.339 e. The van der Waals surface area contributed by atoms with Crippen LogP contribution in [0, 0.1) is 11.8 Å². The number of carbonyl (C=O) groups is 2. The van der Waals surface area contributed by atoms with Crippen LogP contribution in [-0.4, -0.2) is 60.9 Å².